The van der Waals surface area contributed by atoms with Crippen LogP contribution in [-0.4, -0.2) is 82.9 Å². The molecule has 3 aromatic carbocycles. The maximum absolute atomic E-state index is 14.4. The normalized spacial score (nSPS) is 19.0. The highest BCUT2D eigenvalue weighted by atomic mass is 19.4. The van der Waals surface area contributed by atoms with Crippen molar-refractivity contribution in [3.05, 3.63) is 113 Å². The Hall–Kier alpha value is -4.76. The Labute approximate surface area is 283 Å². The number of amides is 2. The van der Waals surface area contributed by atoms with Crippen molar-refractivity contribution >= 4 is 17.6 Å². The Bertz CT molecular complexity index is 1830. The number of hydrogen-bond acceptors (Lipinski definition) is 5. The van der Waals surface area contributed by atoms with E-state index in [1.807, 2.05) is 11.0 Å². The number of anilines is 1. The smallest absolute Gasteiger partial charge is 0.339 e. The first-order valence-corrected chi connectivity index (χ1v) is 16.0. The first-order valence-electron chi connectivity index (χ1n) is 16.0. The number of nitrogens with one attached hydrogen (secondary N) is 1. The second kappa shape index (κ2) is 13.9. The number of aromatic nitrogens is 2. The summed E-state index contributed by atoms with van der Waals surface area (Å²) in [6.45, 7) is 1.95. The van der Waals surface area contributed by atoms with Crippen LogP contribution in [0.2, 0.25) is 0 Å². The van der Waals surface area contributed by atoms with Crippen LogP contribution >= 0.6 is 0 Å². The van der Waals surface area contributed by atoms with Gasteiger partial charge in [0.2, 0.25) is 0 Å². The van der Waals surface area contributed by atoms with E-state index in [9.17, 15) is 40.3 Å². The predicted molar refractivity (Wildman–Crippen MR) is 170 cm³/mol. The van der Waals surface area contributed by atoms with E-state index in [1.54, 1.807) is 35.9 Å². The molecule has 2 atom stereocenters. The SMILES string of the molecule is CCN1C(=O)C(NC(=O)c2cccc(C(F)(F)F)c2)C(c2ccc(F)cc2)c2c(CN3CCN(CC(F)(F)F)CC3)nn(-c3ccccc3)c21. The number of fused-ring (bicyclic) bond motifs is 1. The summed E-state index contributed by atoms with van der Waals surface area (Å²) < 4.78 is 95.6. The number of piperazine rings is 1. The number of rotatable bonds is 8. The van der Waals surface area contributed by atoms with Gasteiger partial charge in [-0.3, -0.25) is 24.3 Å². The molecule has 0 bridgehead atoms. The molecule has 0 aliphatic carbocycles. The van der Waals surface area contributed by atoms with Gasteiger partial charge in [-0.25, -0.2) is 9.07 Å². The number of halogens is 7. The molecule has 2 unspecified atom stereocenters. The minimum absolute atomic E-state index is 0.131. The van der Waals surface area contributed by atoms with Gasteiger partial charge in [-0.05, 0) is 55.0 Å². The molecule has 3 heterocycles. The van der Waals surface area contributed by atoms with Gasteiger partial charge >= 0.3 is 12.4 Å². The lowest BCUT2D eigenvalue weighted by molar-refractivity contribution is -0.149. The molecule has 264 valence electrons. The number of carbonyl (C=O) groups is 2. The zero-order valence-corrected chi connectivity index (χ0v) is 26.8. The molecule has 1 saturated heterocycles. The summed E-state index contributed by atoms with van der Waals surface area (Å²) in [4.78, 5) is 32.7. The first kappa shape index (κ1) is 35.1. The maximum atomic E-state index is 14.4. The second-order valence-corrected chi connectivity index (χ2v) is 12.2. The highest BCUT2D eigenvalue weighted by Gasteiger charge is 2.46. The third-order valence-electron chi connectivity index (χ3n) is 8.93. The van der Waals surface area contributed by atoms with Gasteiger partial charge in [-0.15, -0.1) is 0 Å². The molecular weight excluding hydrogens is 669 g/mol. The average molecular weight is 703 g/mol. The Morgan fingerprint density at radius 1 is 0.880 bits per heavy atom. The second-order valence-electron chi connectivity index (χ2n) is 12.2. The quantitative estimate of drug-likeness (QED) is 0.228. The molecule has 2 aliphatic heterocycles. The number of nitrogens with zero attached hydrogens (tertiary/aromatic N) is 5. The van der Waals surface area contributed by atoms with Crippen LogP contribution in [0.5, 0.6) is 0 Å². The lowest BCUT2D eigenvalue weighted by Crippen LogP contribution is -2.55. The van der Waals surface area contributed by atoms with Crippen LogP contribution in [-0.2, 0) is 17.5 Å². The summed E-state index contributed by atoms with van der Waals surface area (Å²) in [5.74, 6) is -2.59. The Kier molecular flexibility index (Phi) is 9.73. The highest BCUT2D eigenvalue weighted by molar-refractivity contribution is 6.05. The van der Waals surface area contributed by atoms with Gasteiger partial charge in [0.25, 0.3) is 11.8 Å². The van der Waals surface area contributed by atoms with E-state index in [0.717, 1.165) is 12.1 Å². The van der Waals surface area contributed by atoms with Gasteiger partial charge in [0.15, 0.2) is 0 Å². The van der Waals surface area contributed by atoms with Crippen LogP contribution in [0, 0.1) is 5.82 Å². The van der Waals surface area contributed by atoms with Crippen molar-refractivity contribution < 1.29 is 40.3 Å². The van der Waals surface area contributed by atoms with Gasteiger partial charge in [0.05, 0.1) is 23.5 Å². The molecule has 15 heteroatoms. The van der Waals surface area contributed by atoms with E-state index in [-0.39, 0.29) is 31.7 Å². The molecule has 2 aliphatic rings. The van der Waals surface area contributed by atoms with Gasteiger partial charge < -0.3 is 5.32 Å². The summed E-state index contributed by atoms with van der Waals surface area (Å²) in [5.41, 5.74) is 0.710. The molecule has 1 fully saturated rings. The van der Waals surface area contributed by atoms with E-state index in [0.29, 0.717) is 47.5 Å². The van der Waals surface area contributed by atoms with Crippen LogP contribution in [0.4, 0.5) is 36.6 Å². The summed E-state index contributed by atoms with van der Waals surface area (Å²) >= 11 is 0. The number of para-hydroxylation sites is 1. The lowest BCUT2D eigenvalue weighted by atomic mass is 9.80. The molecule has 2 amide bonds. The third kappa shape index (κ3) is 7.38. The van der Waals surface area contributed by atoms with E-state index >= 15 is 0 Å². The Morgan fingerprint density at radius 2 is 1.54 bits per heavy atom. The number of carbonyl (C=O) groups excluding carboxylic acids is 2. The number of benzene rings is 3. The summed E-state index contributed by atoms with van der Waals surface area (Å²) in [5, 5.41) is 7.63. The number of likely N-dealkylation sites (N-methyl/N-ethyl adjacent to an activating group) is 1. The molecule has 50 heavy (non-hydrogen) atoms. The monoisotopic (exact) mass is 702 g/mol. The van der Waals surface area contributed by atoms with Crippen molar-refractivity contribution in [1.29, 1.82) is 0 Å². The molecule has 1 aromatic heterocycles. The molecule has 1 N–H and O–H groups in total. The predicted octanol–water partition coefficient (Wildman–Crippen LogP) is 6.01. The zero-order chi connectivity index (χ0) is 35.8. The summed E-state index contributed by atoms with van der Waals surface area (Å²) in [7, 11) is 0. The minimum atomic E-state index is -4.71. The maximum Gasteiger partial charge on any atom is 0.416 e. The van der Waals surface area contributed by atoms with E-state index in [2.05, 4.69) is 5.32 Å². The van der Waals surface area contributed by atoms with Crippen LogP contribution in [0.15, 0.2) is 78.9 Å². The van der Waals surface area contributed by atoms with E-state index in [4.69, 9.17) is 5.10 Å². The van der Waals surface area contributed by atoms with Gasteiger partial charge in [0, 0.05) is 56.3 Å². The van der Waals surface area contributed by atoms with Gasteiger partial charge in [-0.1, -0.05) is 36.4 Å². The van der Waals surface area contributed by atoms with Crippen LogP contribution < -0.4 is 10.2 Å². The molecule has 6 rings (SSSR count). The summed E-state index contributed by atoms with van der Waals surface area (Å²) in [6, 6.07) is 16.8. The van der Waals surface area contributed by atoms with Crippen molar-refractivity contribution in [1.82, 2.24) is 24.9 Å². The largest absolute Gasteiger partial charge is 0.416 e. The highest BCUT2D eigenvalue weighted by Crippen LogP contribution is 2.44. The third-order valence-corrected chi connectivity index (χ3v) is 8.93. The standard InChI is InChI=1S/C35H33F7N6O2/c1-2-47-32-29(27(44-48(32)26-9-4-3-5-10-26)20-45-15-17-46(18-16-45)21-34(37,38)39)28(22-11-13-25(36)14-12-22)30(33(47)50)43-31(49)23-7-6-8-24(19-23)35(40,41)42/h3-14,19,28,30H,2,15-18,20-21H2,1H3,(H,43,49). The van der Waals surface area contributed by atoms with Gasteiger partial charge in [-0.2, -0.15) is 31.4 Å². The zero-order valence-electron chi connectivity index (χ0n) is 26.8. The fourth-order valence-corrected chi connectivity index (χ4v) is 6.60. The number of alkyl halides is 6. The van der Waals surface area contributed by atoms with Crippen molar-refractivity contribution in [3.63, 3.8) is 0 Å². The van der Waals surface area contributed by atoms with Crippen molar-refractivity contribution in [3.8, 4) is 5.69 Å². The fraction of sp³-hybridized carbons (Fsp3) is 0.343. The fourth-order valence-electron chi connectivity index (χ4n) is 6.60. The molecule has 0 spiro atoms. The average Bonchev–Trinajstić information content (AvgIpc) is 3.44. The molecule has 0 saturated carbocycles. The van der Waals surface area contributed by atoms with Gasteiger partial charge in [0.1, 0.15) is 17.7 Å². The lowest BCUT2D eigenvalue weighted by Gasteiger charge is -2.39. The topological polar surface area (TPSA) is 73.7 Å². The summed E-state index contributed by atoms with van der Waals surface area (Å²) in [6.07, 6.45) is -9.04. The Morgan fingerprint density at radius 3 is 2.16 bits per heavy atom. The van der Waals surface area contributed by atoms with E-state index < -0.39 is 54.1 Å². The van der Waals surface area contributed by atoms with Crippen molar-refractivity contribution in [2.24, 2.45) is 0 Å². The molecule has 0 radical (unpaired) electrons. The molecular formula is C35H33F7N6O2. The molecule has 4 aromatic rings. The van der Waals surface area contributed by atoms with Crippen LogP contribution in [0.3, 0.4) is 0 Å². The minimum Gasteiger partial charge on any atom is -0.339 e. The number of hydrogen-bond donors (Lipinski definition) is 1. The van der Waals surface area contributed by atoms with Crippen LogP contribution in [0.1, 0.15) is 45.6 Å². The molecule has 8 nitrogen and oxygen atoms in total. The Balaban J connectivity index is 1.46. The van der Waals surface area contributed by atoms with Crippen molar-refractivity contribution in [2.45, 2.75) is 37.8 Å². The van der Waals surface area contributed by atoms with Crippen molar-refractivity contribution in [2.75, 3.05) is 44.2 Å². The first-order chi connectivity index (χ1) is 23.7. The van der Waals surface area contributed by atoms with Crippen LogP contribution in [0.25, 0.3) is 5.69 Å². The van der Waals surface area contributed by atoms with E-state index in [1.165, 1.54) is 40.1 Å².